The van der Waals surface area contributed by atoms with Crippen LogP contribution in [0.1, 0.15) is 39.0 Å². The molecule has 1 aromatic carbocycles. The Balaban J connectivity index is 1.80. The Hall–Kier alpha value is -1.51. The number of aromatic nitrogens is 2. The highest BCUT2D eigenvalue weighted by Crippen LogP contribution is 2.20. The molecule has 0 radical (unpaired) electrons. The molecule has 0 saturated heterocycles. The van der Waals surface area contributed by atoms with Crippen LogP contribution in [0.25, 0.3) is 10.9 Å². The van der Waals surface area contributed by atoms with Crippen molar-refractivity contribution >= 4 is 16.6 Å². The molecule has 0 bridgehead atoms. The van der Waals surface area contributed by atoms with Crippen LogP contribution in [0.4, 0.5) is 5.69 Å². The number of nitrogens with zero attached hydrogens (tertiary/aromatic N) is 1. The second-order valence-corrected chi connectivity index (χ2v) is 4.48. The summed E-state index contributed by atoms with van der Waals surface area (Å²) in [5.74, 6) is 0. The lowest BCUT2D eigenvalue weighted by Crippen LogP contribution is -2.01. The molecular weight excluding hydrogens is 210 g/mol. The first-order valence-corrected chi connectivity index (χ1v) is 6.58. The number of hydrogen-bond donors (Lipinski definition) is 2. The lowest BCUT2D eigenvalue weighted by Gasteiger charge is -2.07. The van der Waals surface area contributed by atoms with E-state index in [1.807, 2.05) is 6.20 Å². The number of para-hydroxylation sites is 1. The van der Waals surface area contributed by atoms with Gasteiger partial charge in [-0.3, -0.25) is 5.10 Å². The molecule has 1 heterocycles. The lowest BCUT2D eigenvalue weighted by molar-refractivity contribution is 0.645. The van der Waals surface area contributed by atoms with Crippen molar-refractivity contribution in [3.05, 3.63) is 24.4 Å². The minimum absolute atomic E-state index is 1.04. The summed E-state index contributed by atoms with van der Waals surface area (Å²) in [6.07, 6.45) is 8.44. The molecule has 0 unspecified atom stereocenters. The molecule has 0 atom stereocenters. The third kappa shape index (κ3) is 3.22. The number of fused-ring (bicyclic) bond motifs is 1. The van der Waals surface area contributed by atoms with Crippen molar-refractivity contribution in [3.63, 3.8) is 0 Å². The van der Waals surface area contributed by atoms with Gasteiger partial charge in [0.2, 0.25) is 0 Å². The first-order valence-electron chi connectivity index (χ1n) is 6.58. The number of nitrogens with one attached hydrogen (secondary N) is 2. The fourth-order valence-corrected chi connectivity index (χ4v) is 2.07. The molecule has 0 aliphatic carbocycles. The average Bonchev–Trinajstić information content (AvgIpc) is 2.82. The molecule has 3 heteroatoms. The zero-order chi connectivity index (χ0) is 11.9. The Morgan fingerprint density at radius 1 is 1.18 bits per heavy atom. The average molecular weight is 231 g/mol. The van der Waals surface area contributed by atoms with Crippen LogP contribution in [0, 0.1) is 0 Å². The standard InChI is InChI=1S/C14H21N3/c1-2-3-4-5-6-10-15-13-9-7-8-12-11-16-17-14(12)13/h7-9,11,15H,2-6,10H2,1H3,(H,16,17). The predicted molar refractivity (Wildman–Crippen MR) is 73.3 cm³/mol. The molecule has 2 N–H and O–H groups in total. The Morgan fingerprint density at radius 3 is 2.94 bits per heavy atom. The van der Waals surface area contributed by atoms with Crippen LogP contribution >= 0.6 is 0 Å². The van der Waals surface area contributed by atoms with Gasteiger partial charge in [0.1, 0.15) is 0 Å². The maximum atomic E-state index is 4.07. The number of rotatable bonds is 7. The van der Waals surface area contributed by atoms with Gasteiger partial charge in [0.05, 0.1) is 17.4 Å². The molecule has 0 aliphatic heterocycles. The molecule has 0 aliphatic rings. The van der Waals surface area contributed by atoms with Crippen molar-refractivity contribution < 1.29 is 0 Å². The van der Waals surface area contributed by atoms with Gasteiger partial charge in [-0.15, -0.1) is 0 Å². The number of H-pyrrole nitrogens is 1. The SMILES string of the molecule is CCCCCCCNc1cccc2cn[nH]c12. The monoisotopic (exact) mass is 231 g/mol. The van der Waals surface area contributed by atoms with Gasteiger partial charge in [0.25, 0.3) is 0 Å². The van der Waals surface area contributed by atoms with E-state index in [2.05, 4.69) is 40.6 Å². The Kier molecular flexibility index (Phi) is 4.42. The van der Waals surface area contributed by atoms with Crippen LogP contribution in [0.5, 0.6) is 0 Å². The molecule has 0 amide bonds. The normalized spacial score (nSPS) is 10.9. The molecule has 0 saturated carbocycles. The molecular formula is C14H21N3. The van der Waals surface area contributed by atoms with E-state index >= 15 is 0 Å². The largest absolute Gasteiger partial charge is 0.383 e. The van der Waals surface area contributed by atoms with Gasteiger partial charge in [-0.1, -0.05) is 44.7 Å². The maximum absolute atomic E-state index is 4.07. The second-order valence-electron chi connectivity index (χ2n) is 4.48. The first-order chi connectivity index (χ1) is 8.42. The van der Waals surface area contributed by atoms with E-state index in [-0.39, 0.29) is 0 Å². The molecule has 92 valence electrons. The highest BCUT2D eigenvalue weighted by Gasteiger charge is 2.00. The summed E-state index contributed by atoms with van der Waals surface area (Å²) < 4.78 is 0. The number of benzene rings is 1. The van der Waals surface area contributed by atoms with E-state index in [0.717, 1.165) is 17.7 Å². The maximum Gasteiger partial charge on any atom is 0.0881 e. The summed E-state index contributed by atoms with van der Waals surface area (Å²) in [5, 5.41) is 11.7. The van der Waals surface area contributed by atoms with Gasteiger partial charge in [-0.05, 0) is 12.5 Å². The van der Waals surface area contributed by atoms with Crippen molar-refractivity contribution in [2.24, 2.45) is 0 Å². The third-order valence-corrected chi connectivity index (χ3v) is 3.07. The zero-order valence-electron chi connectivity index (χ0n) is 10.5. The summed E-state index contributed by atoms with van der Waals surface area (Å²) in [4.78, 5) is 0. The summed E-state index contributed by atoms with van der Waals surface area (Å²) in [7, 11) is 0. The topological polar surface area (TPSA) is 40.7 Å². The van der Waals surface area contributed by atoms with Crippen molar-refractivity contribution in [2.75, 3.05) is 11.9 Å². The van der Waals surface area contributed by atoms with Crippen molar-refractivity contribution in [1.82, 2.24) is 10.2 Å². The minimum Gasteiger partial charge on any atom is -0.383 e. The Bertz CT molecular complexity index is 447. The number of aromatic amines is 1. The summed E-state index contributed by atoms with van der Waals surface area (Å²) in [6, 6.07) is 6.25. The summed E-state index contributed by atoms with van der Waals surface area (Å²) in [5.41, 5.74) is 2.27. The third-order valence-electron chi connectivity index (χ3n) is 3.07. The fraction of sp³-hybridized carbons (Fsp3) is 0.500. The van der Waals surface area contributed by atoms with Gasteiger partial charge in [0, 0.05) is 11.9 Å². The van der Waals surface area contributed by atoms with Gasteiger partial charge in [-0.25, -0.2) is 0 Å². The van der Waals surface area contributed by atoms with Crippen LogP contribution < -0.4 is 5.32 Å². The minimum atomic E-state index is 1.04. The quantitative estimate of drug-likeness (QED) is 0.708. The summed E-state index contributed by atoms with van der Waals surface area (Å²) >= 11 is 0. The Morgan fingerprint density at radius 2 is 2.06 bits per heavy atom. The fourth-order valence-electron chi connectivity index (χ4n) is 2.07. The van der Waals surface area contributed by atoms with Crippen LogP contribution in [-0.4, -0.2) is 16.7 Å². The molecule has 0 spiro atoms. The van der Waals surface area contributed by atoms with E-state index < -0.39 is 0 Å². The van der Waals surface area contributed by atoms with Crippen LogP contribution in [-0.2, 0) is 0 Å². The molecule has 2 aromatic rings. The molecule has 1 aromatic heterocycles. The molecule has 17 heavy (non-hydrogen) atoms. The Labute approximate surface area is 103 Å². The highest BCUT2D eigenvalue weighted by molar-refractivity contribution is 5.89. The highest BCUT2D eigenvalue weighted by atomic mass is 15.1. The number of unbranched alkanes of at least 4 members (excludes halogenated alkanes) is 4. The van der Waals surface area contributed by atoms with Gasteiger partial charge in [0.15, 0.2) is 0 Å². The van der Waals surface area contributed by atoms with E-state index in [1.165, 1.54) is 37.5 Å². The number of anilines is 1. The van der Waals surface area contributed by atoms with E-state index in [1.54, 1.807) is 0 Å². The second kappa shape index (κ2) is 6.28. The van der Waals surface area contributed by atoms with Crippen LogP contribution in [0.3, 0.4) is 0 Å². The van der Waals surface area contributed by atoms with E-state index in [4.69, 9.17) is 0 Å². The zero-order valence-corrected chi connectivity index (χ0v) is 10.5. The van der Waals surface area contributed by atoms with E-state index in [9.17, 15) is 0 Å². The first kappa shape index (κ1) is 12.0. The molecule has 3 nitrogen and oxygen atoms in total. The molecule has 0 fully saturated rings. The van der Waals surface area contributed by atoms with Gasteiger partial charge >= 0.3 is 0 Å². The van der Waals surface area contributed by atoms with E-state index in [0.29, 0.717) is 0 Å². The van der Waals surface area contributed by atoms with Crippen LogP contribution in [0.2, 0.25) is 0 Å². The van der Waals surface area contributed by atoms with Crippen molar-refractivity contribution in [2.45, 2.75) is 39.0 Å². The molecule has 2 rings (SSSR count). The van der Waals surface area contributed by atoms with Crippen LogP contribution in [0.15, 0.2) is 24.4 Å². The lowest BCUT2D eigenvalue weighted by atomic mass is 10.1. The van der Waals surface area contributed by atoms with Crippen molar-refractivity contribution in [3.8, 4) is 0 Å². The number of hydrogen-bond acceptors (Lipinski definition) is 2. The van der Waals surface area contributed by atoms with Crippen molar-refractivity contribution in [1.29, 1.82) is 0 Å². The van der Waals surface area contributed by atoms with Gasteiger partial charge < -0.3 is 5.32 Å². The predicted octanol–water partition coefficient (Wildman–Crippen LogP) is 3.95. The van der Waals surface area contributed by atoms with Gasteiger partial charge in [-0.2, -0.15) is 5.10 Å². The summed E-state index contributed by atoms with van der Waals surface area (Å²) in [6.45, 7) is 3.29. The smallest absolute Gasteiger partial charge is 0.0881 e.